The molecule has 2 heterocycles. The molecule has 2 atom stereocenters. The van der Waals surface area contributed by atoms with Gasteiger partial charge in [-0.2, -0.15) is 0 Å². The molecule has 1 aromatic rings. The smallest absolute Gasteiger partial charge is 0.244 e. The van der Waals surface area contributed by atoms with E-state index in [0.717, 1.165) is 24.8 Å². The molecule has 1 saturated carbocycles. The number of rotatable bonds is 2. The van der Waals surface area contributed by atoms with E-state index in [1.807, 2.05) is 4.90 Å². The third kappa shape index (κ3) is 1.77. The molecule has 1 N–H and O–H groups in total. The Labute approximate surface area is 116 Å². The maximum Gasteiger partial charge on any atom is 0.244 e. The molecule has 0 radical (unpaired) electrons. The van der Waals surface area contributed by atoms with Crippen LogP contribution in [0.3, 0.4) is 0 Å². The Morgan fingerprint density at radius 1 is 1.30 bits per heavy atom. The molecule has 2 unspecified atom stereocenters. The summed E-state index contributed by atoms with van der Waals surface area (Å²) in [4.78, 5) is 14.6. The van der Waals surface area contributed by atoms with Crippen molar-refractivity contribution < 1.29 is 13.9 Å². The van der Waals surface area contributed by atoms with Crippen LogP contribution in [0.2, 0.25) is 0 Å². The van der Waals surface area contributed by atoms with Gasteiger partial charge in [-0.3, -0.25) is 10.1 Å². The van der Waals surface area contributed by atoms with Crippen LogP contribution in [0.4, 0.5) is 4.39 Å². The lowest BCUT2D eigenvalue weighted by molar-refractivity contribution is -0.133. The van der Waals surface area contributed by atoms with E-state index in [9.17, 15) is 9.18 Å². The van der Waals surface area contributed by atoms with E-state index in [-0.39, 0.29) is 29.5 Å². The summed E-state index contributed by atoms with van der Waals surface area (Å²) in [6, 6.07) is 6.53. The van der Waals surface area contributed by atoms with Crippen LogP contribution in [0.5, 0.6) is 0 Å². The predicted molar refractivity (Wildman–Crippen MR) is 70.3 cm³/mol. The topological polar surface area (TPSA) is 41.6 Å². The number of halogens is 1. The van der Waals surface area contributed by atoms with Gasteiger partial charge in [0.1, 0.15) is 17.5 Å². The first-order valence-corrected chi connectivity index (χ1v) is 7.13. The average molecular weight is 276 g/mol. The van der Waals surface area contributed by atoms with Crippen molar-refractivity contribution >= 4 is 5.91 Å². The summed E-state index contributed by atoms with van der Waals surface area (Å²) in [5.74, 6) is -0.0720. The zero-order valence-electron chi connectivity index (χ0n) is 11.1. The van der Waals surface area contributed by atoms with Crippen molar-refractivity contribution in [3.63, 3.8) is 0 Å². The monoisotopic (exact) mass is 276 g/mol. The lowest BCUT2D eigenvalue weighted by atomic mass is 10.1. The van der Waals surface area contributed by atoms with Crippen LogP contribution in [-0.2, 0) is 9.53 Å². The van der Waals surface area contributed by atoms with Crippen LogP contribution < -0.4 is 5.32 Å². The van der Waals surface area contributed by atoms with Gasteiger partial charge < -0.3 is 9.64 Å². The number of hydrogen-bond acceptors (Lipinski definition) is 3. The molecule has 106 valence electrons. The van der Waals surface area contributed by atoms with Crippen LogP contribution in [0, 0.1) is 5.82 Å². The Morgan fingerprint density at radius 3 is 2.65 bits per heavy atom. The third-order valence-corrected chi connectivity index (χ3v) is 4.57. The van der Waals surface area contributed by atoms with E-state index in [1.165, 1.54) is 12.1 Å². The molecular formula is C15H17FN2O2. The molecule has 3 aliphatic rings. The summed E-state index contributed by atoms with van der Waals surface area (Å²) < 4.78 is 18.5. The highest BCUT2D eigenvalue weighted by Crippen LogP contribution is 2.47. The van der Waals surface area contributed by atoms with E-state index in [1.54, 1.807) is 12.1 Å². The summed E-state index contributed by atoms with van der Waals surface area (Å²) in [5, 5.41) is 3.45. The molecule has 1 spiro atoms. The summed E-state index contributed by atoms with van der Waals surface area (Å²) in [6.07, 6.45) is 2.51. The van der Waals surface area contributed by atoms with Crippen molar-refractivity contribution in [3.05, 3.63) is 35.6 Å². The average Bonchev–Trinajstić information content (AvgIpc) is 2.91. The number of amides is 1. The fraction of sp³-hybridized carbons (Fsp3) is 0.533. The molecule has 1 amide bonds. The maximum atomic E-state index is 13.1. The molecule has 4 rings (SSSR count). The molecule has 3 fully saturated rings. The Hall–Kier alpha value is -1.46. The SMILES string of the molecule is O=C1N(C2CCOC2)C(c2ccc(F)cc2)NC12CC2. The van der Waals surface area contributed by atoms with Gasteiger partial charge in [-0.1, -0.05) is 12.1 Å². The normalized spacial score (nSPS) is 31.2. The van der Waals surface area contributed by atoms with Gasteiger partial charge in [-0.15, -0.1) is 0 Å². The van der Waals surface area contributed by atoms with Crippen molar-refractivity contribution in [1.82, 2.24) is 10.2 Å². The summed E-state index contributed by atoms with van der Waals surface area (Å²) >= 11 is 0. The number of carbonyl (C=O) groups excluding carboxylic acids is 1. The largest absolute Gasteiger partial charge is 0.379 e. The first-order chi connectivity index (χ1) is 9.70. The summed E-state index contributed by atoms with van der Waals surface area (Å²) in [6.45, 7) is 1.30. The Kier molecular flexibility index (Phi) is 2.62. The van der Waals surface area contributed by atoms with Gasteiger partial charge in [0, 0.05) is 6.61 Å². The lowest BCUT2D eigenvalue weighted by Crippen LogP contribution is -2.40. The molecule has 5 heteroatoms. The molecule has 2 aliphatic heterocycles. The van der Waals surface area contributed by atoms with Crippen molar-refractivity contribution in [1.29, 1.82) is 0 Å². The first kappa shape index (κ1) is 12.3. The maximum absolute atomic E-state index is 13.1. The number of nitrogens with one attached hydrogen (secondary N) is 1. The van der Waals surface area contributed by atoms with Crippen molar-refractivity contribution in [3.8, 4) is 0 Å². The van der Waals surface area contributed by atoms with Gasteiger partial charge in [0.15, 0.2) is 0 Å². The number of hydrogen-bond donors (Lipinski definition) is 1. The molecule has 2 saturated heterocycles. The van der Waals surface area contributed by atoms with E-state index in [2.05, 4.69) is 5.32 Å². The van der Waals surface area contributed by atoms with Crippen molar-refractivity contribution in [2.45, 2.75) is 37.0 Å². The lowest BCUT2D eigenvalue weighted by Gasteiger charge is -2.29. The second-order valence-electron chi connectivity index (χ2n) is 5.91. The first-order valence-electron chi connectivity index (χ1n) is 7.13. The fourth-order valence-electron chi connectivity index (χ4n) is 3.25. The molecule has 0 bridgehead atoms. The predicted octanol–water partition coefficient (Wildman–Crippen LogP) is 1.58. The van der Waals surface area contributed by atoms with Crippen LogP contribution in [-0.4, -0.2) is 35.6 Å². The Morgan fingerprint density at radius 2 is 2.05 bits per heavy atom. The van der Waals surface area contributed by atoms with Crippen LogP contribution in [0.1, 0.15) is 31.0 Å². The number of ether oxygens (including phenoxy) is 1. The second-order valence-corrected chi connectivity index (χ2v) is 5.91. The van der Waals surface area contributed by atoms with Crippen LogP contribution >= 0.6 is 0 Å². The fourth-order valence-corrected chi connectivity index (χ4v) is 3.25. The van der Waals surface area contributed by atoms with E-state index in [4.69, 9.17) is 4.74 Å². The molecule has 1 aromatic carbocycles. The second kappa shape index (κ2) is 4.27. The number of benzene rings is 1. The zero-order valence-corrected chi connectivity index (χ0v) is 11.1. The van der Waals surface area contributed by atoms with Gasteiger partial charge in [0.05, 0.1) is 12.6 Å². The molecule has 20 heavy (non-hydrogen) atoms. The summed E-state index contributed by atoms with van der Waals surface area (Å²) in [7, 11) is 0. The molecular weight excluding hydrogens is 259 g/mol. The minimum absolute atomic E-state index is 0.130. The minimum atomic E-state index is -0.359. The highest BCUT2D eigenvalue weighted by Gasteiger charge is 2.60. The summed E-state index contributed by atoms with van der Waals surface area (Å²) in [5.41, 5.74) is 0.581. The Balaban J connectivity index is 1.68. The van der Waals surface area contributed by atoms with E-state index in [0.29, 0.717) is 13.2 Å². The number of nitrogens with zero attached hydrogens (tertiary/aromatic N) is 1. The van der Waals surface area contributed by atoms with Crippen LogP contribution in [0.15, 0.2) is 24.3 Å². The number of carbonyl (C=O) groups is 1. The van der Waals surface area contributed by atoms with Gasteiger partial charge in [0.25, 0.3) is 0 Å². The standard InChI is InChI=1S/C15H17FN2O2/c16-11-3-1-10(2-4-11)13-17-15(6-7-15)14(19)18(13)12-5-8-20-9-12/h1-4,12-13,17H,5-9H2. The van der Waals surface area contributed by atoms with E-state index < -0.39 is 0 Å². The third-order valence-electron chi connectivity index (χ3n) is 4.57. The van der Waals surface area contributed by atoms with Gasteiger partial charge in [-0.05, 0) is 37.0 Å². The van der Waals surface area contributed by atoms with Gasteiger partial charge >= 0.3 is 0 Å². The van der Waals surface area contributed by atoms with Crippen LogP contribution in [0.25, 0.3) is 0 Å². The molecule has 0 aromatic heterocycles. The highest BCUT2D eigenvalue weighted by molar-refractivity contribution is 5.92. The van der Waals surface area contributed by atoms with Crippen molar-refractivity contribution in [2.24, 2.45) is 0 Å². The van der Waals surface area contributed by atoms with Crippen molar-refractivity contribution in [2.75, 3.05) is 13.2 Å². The Bertz CT molecular complexity index is 535. The van der Waals surface area contributed by atoms with Gasteiger partial charge in [0.2, 0.25) is 5.91 Å². The molecule has 1 aliphatic carbocycles. The molecule has 4 nitrogen and oxygen atoms in total. The van der Waals surface area contributed by atoms with E-state index >= 15 is 0 Å². The minimum Gasteiger partial charge on any atom is -0.379 e. The van der Waals surface area contributed by atoms with Gasteiger partial charge in [-0.25, -0.2) is 4.39 Å². The highest BCUT2D eigenvalue weighted by atomic mass is 19.1. The quantitative estimate of drug-likeness (QED) is 0.891. The zero-order chi connectivity index (χ0) is 13.7.